The summed E-state index contributed by atoms with van der Waals surface area (Å²) in [6.45, 7) is 0. The molecule has 6 heteroatoms. The maximum absolute atomic E-state index is 12.2. The van der Waals surface area contributed by atoms with Gasteiger partial charge >= 0.3 is 0 Å². The van der Waals surface area contributed by atoms with Crippen LogP contribution in [0.3, 0.4) is 0 Å². The lowest BCUT2D eigenvalue weighted by atomic mass is 10.2. The first-order valence-electron chi connectivity index (χ1n) is 3.19. The Morgan fingerprint density at radius 1 is 1.62 bits per heavy atom. The Hall–Kier alpha value is -1.23. The average molecular weight is 208 g/mol. The van der Waals surface area contributed by atoms with Crippen molar-refractivity contribution in [3.8, 4) is 5.75 Å². The van der Waals surface area contributed by atoms with E-state index in [1.165, 1.54) is 0 Å². The molecular formula is C7H4ClF2NO2. The van der Waals surface area contributed by atoms with E-state index in [0.29, 0.717) is 0 Å². The third-order valence-electron chi connectivity index (χ3n) is 1.32. The molecular weight excluding hydrogens is 204 g/mol. The van der Waals surface area contributed by atoms with Gasteiger partial charge in [0, 0.05) is 0 Å². The molecule has 0 saturated carbocycles. The van der Waals surface area contributed by atoms with E-state index >= 15 is 0 Å². The second-order valence-electron chi connectivity index (χ2n) is 2.20. The van der Waals surface area contributed by atoms with Gasteiger partial charge in [0.1, 0.15) is 11.4 Å². The van der Waals surface area contributed by atoms with Crippen molar-refractivity contribution < 1.29 is 18.7 Å². The number of aromatic nitrogens is 1. The van der Waals surface area contributed by atoms with Gasteiger partial charge in [-0.1, -0.05) is 0 Å². The summed E-state index contributed by atoms with van der Waals surface area (Å²) in [6.07, 6.45) is -2.07. The molecule has 1 rings (SSSR count). The molecule has 0 aliphatic rings. The first kappa shape index (κ1) is 9.85. The van der Waals surface area contributed by atoms with Crippen LogP contribution in [0.25, 0.3) is 0 Å². The largest absolute Gasteiger partial charge is 0.506 e. The number of pyridine rings is 1. The minimum Gasteiger partial charge on any atom is -0.506 e. The van der Waals surface area contributed by atoms with Gasteiger partial charge in [-0.05, 0) is 17.7 Å². The SMILES string of the molecule is O=C(Cl)c1cc(O)cnc1C(F)F. The van der Waals surface area contributed by atoms with Gasteiger partial charge in [-0.2, -0.15) is 0 Å². The van der Waals surface area contributed by atoms with Crippen molar-refractivity contribution in [2.45, 2.75) is 6.43 Å². The molecule has 13 heavy (non-hydrogen) atoms. The standard InChI is InChI=1S/C7H4ClF2NO2/c8-6(13)4-1-3(12)2-11-5(4)7(9)10/h1-2,7,12H. The number of carbonyl (C=O) groups is 1. The van der Waals surface area contributed by atoms with Crippen LogP contribution in [-0.2, 0) is 0 Å². The number of alkyl halides is 2. The number of hydrogen-bond acceptors (Lipinski definition) is 3. The number of nitrogens with zero attached hydrogens (tertiary/aromatic N) is 1. The number of carbonyl (C=O) groups excluding carboxylic acids is 1. The van der Waals surface area contributed by atoms with Gasteiger partial charge in [0.15, 0.2) is 0 Å². The lowest BCUT2D eigenvalue weighted by Gasteiger charge is -2.03. The van der Waals surface area contributed by atoms with Crippen LogP contribution >= 0.6 is 11.6 Å². The van der Waals surface area contributed by atoms with Crippen LogP contribution in [0.5, 0.6) is 5.75 Å². The summed E-state index contributed by atoms with van der Waals surface area (Å²) >= 11 is 5.00. The molecule has 0 radical (unpaired) electrons. The minimum atomic E-state index is -2.89. The van der Waals surface area contributed by atoms with Crippen molar-refractivity contribution in [3.05, 3.63) is 23.5 Å². The van der Waals surface area contributed by atoms with Crippen molar-refractivity contribution in [1.29, 1.82) is 0 Å². The Kier molecular flexibility index (Phi) is 2.77. The molecule has 0 fully saturated rings. The molecule has 0 aliphatic carbocycles. The Balaban J connectivity index is 3.27. The summed E-state index contributed by atoms with van der Waals surface area (Å²) in [5, 5.41) is 7.78. The lowest BCUT2D eigenvalue weighted by molar-refractivity contribution is 0.106. The van der Waals surface area contributed by atoms with Crippen LogP contribution in [0.1, 0.15) is 22.5 Å². The zero-order valence-electron chi connectivity index (χ0n) is 6.17. The maximum atomic E-state index is 12.2. The second kappa shape index (κ2) is 3.66. The molecule has 70 valence electrons. The number of aromatic hydroxyl groups is 1. The molecule has 1 aromatic rings. The average Bonchev–Trinajstić information content (AvgIpc) is 2.03. The highest BCUT2D eigenvalue weighted by atomic mass is 35.5. The Labute approximate surface area is 77.0 Å². The highest BCUT2D eigenvalue weighted by Crippen LogP contribution is 2.24. The minimum absolute atomic E-state index is 0.381. The van der Waals surface area contributed by atoms with E-state index < -0.39 is 22.9 Å². The van der Waals surface area contributed by atoms with Crippen molar-refractivity contribution in [2.24, 2.45) is 0 Å². The van der Waals surface area contributed by atoms with Crippen molar-refractivity contribution in [2.75, 3.05) is 0 Å². The summed E-state index contributed by atoms with van der Waals surface area (Å²) in [6, 6.07) is 0.851. The molecule has 0 unspecified atom stereocenters. The quantitative estimate of drug-likeness (QED) is 0.756. The van der Waals surface area contributed by atoms with E-state index in [1.54, 1.807) is 0 Å². The van der Waals surface area contributed by atoms with Crippen LogP contribution < -0.4 is 0 Å². The summed E-state index contributed by atoms with van der Waals surface area (Å²) < 4.78 is 24.3. The monoisotopic (exact) mass is 207 g/mol. The Morgan fingerprint density at radius 2 is 2.23 bits per heavy atom. The van der Waals surface area contributed by atoms with Gasteiger partial charge in [0.25, 0.3) is 11.7 Å². The van der Waals surface area contributed by atoms with E-state index in [-0.39, 0.29) is 5.75 Å². The molecule has 0 aromatic carbocycles. The van der Waals surface area contributed by atoms with E-state index in [4.69, 9.17) is 16.7 Å². The molecule has 3 nitrogen and oxygen atoms in total. The first-order chi connectivity index (χ1) is 6.02. The molecule has 0 amide bonds. The summed E-state index contributed by atoms with van der Waals surface area (Å²) in [5.74, 6) is -0.381. The third kappa shape index (κ3) is 2.12. The number of hydrogen-bond donors (Lipinski definition) is 1. The van der Waals surface area contributed by atoms with E-state index in [2.05, 4.69) is 4.98 Å². The fourth-order valence-electron chi connectivity index (χ4n) is 0.796. The predicted octanol–water partition coefficient (Wildman–Crippen LogP) is 2.10. The van der Waals surface area contributed by atoms with Crippen molar-refractivity contribution in [1.82, 2.24) is 4.98 Å². The molecule has 0 spiro atoms. The molecule has 1 N–H and O–H groups in total. The van der Waals surface area contributed by atoms with E-state index in [0.717, 1.165) is 12.3 Å². The zero-order valence-corrected chi connectivity index (χ0v) is 6.92. The van der Waals surface area contributed by atoms with Gasteiger partial charge in [-0.25, -0.2) is 8.78 Å². The topological polar surface area (TPSA) is 50.2 Å². The third-order valence-corrected chi connectivity index (χ3v) is 1.53. The fraction of sp³-hybridized carbons (Fsp3) is 0.143. The molecule has 0 saturated heterocycles. The summed E-state index contributed by atoms with van der Waals surface area (Å²) in [5.41, 5.74) is -1.20. The molecule has 0 bridgehead atoms. The van der Waals surface area contributed by atoms with E-state index in [9.17, 15) is 13.6 Å². The molecule has 1 heterocycles. The smallest absolute Gasteiger partial charge is 0.281 e. The summed E-state index contributed by atoms with van der Waals surface area (Å²) in [4.78, 5) is 13.8. The summed E-state index contributed by atoms with van der Waals surface area (Å²) in [7, 11) is 0. The lowest BCUT2D eigenvalue weighted by Crippen LogP contribution is -2.00. The molecule has 1 aromatic heterocycles. The van der Waals surface area contributed by atoms with Crippen LogP contribution in [0.15, 0.2) is 12.3 Å². The first-order valence-corrected chi connectivity index (χ1v) is 3.57. The molecule has 0 atom stereocenters. The fourth-order valence-corrected chi connectivity index (χ4v) is 0.947. The number of rotatable bonds is 2. The normalized spacial score (nSPS) is 10.5. The Bertz CT molecular complexity index is 343. The van der Waals surface area contributed by atoms with Crippen LogP contribution in [-0.4, -0.2) is 15.3 Å². The van der Waals surface area contributed by atoms with Crippen molar-refractivity contribution >= 4 is 16.8 Å². The van der Waals surface area contributed by atoms with Crippen LogP contribution in [0, 0.1) is 0 Å². The van der Waals surface area contributed by atoms with Crippen LogP contribution in [0.4, 0.5) is 8.78 Å². The maximum Gasteiger partial charge on any atom is 0.281 e. The van der Waals surface area contributed by atoms with Gasteiger partial charge in [0.2, 0.25) is 0 Å². The highest BCUT2D eigenvalue weighted by molar-refractivity contribution is 6.67. The van der Waals surface area contributed by atoms with Crippen LogP contribution in [0.2, 0.25) is 0 Å². The van der Waals surface area contributed by atoms with Gasteiger partial charge < -0.3 is 5.11 Å². The second-order valence-corrected chi connectivity index (χ2v) is 2.54. The van der Waals surface area contributed by atoms with Crippen molar-refractivity contribution in [3.63, 3.8) is 0 Å². The van der Waals surface area contributed by atoms with E-state index in [1.807, 2.05) is 0 Å². The van der Waals surface area contributed by atoms with Gasteiger partial charge in [0.05, 0.1) is 11.8 Å². The highest BCUT2D eigenvalue weighted by Gasteiger charge is 2.19. The molecule has 0 aliphatic heterocycles. The number of halogens is 3. The predicted molar refractivity (Wildman–Crippen MR) is 41.0 cm³/mol. The Morgan fingerprint density at radius 3 is 2.69 bits per heavy atom. The van der Waals surface area contributed by atoms with Gasteiger partial charge in [-0.3, -0.25) is 9.78 Å². The van der Waals surface area contributed by atoms with Gasteiger partial charge in [-0.15, -0.1) is 0 Å². The zero-order chi connectivity index (χ0) is 10.0.